The second kappa shape index (κ2) is 3.23. The van der Waals surface area contributed by atoms with E-state index in [1.165, 1.54) is 6.92 Å². The number of aryl methyl sites for hydroxylation is 1. The van der Waals surface area contributed by atoms with E-state index in [2.05, 4.69) is 4.98 Å². The lowest BCUT2D eigenvalue weighted by Gasteiger charge is -2.04. The lowest BCUT2D eigenvalue weighted by atomic mass is 10.3. The molecule has 0 aliphatic carbocycles. The van der Waals surface area contributed by atoms with Crippen molar-refractivity contribution in [2.75, 3.05) is 0 Å². The largest absolute Gasteiger partial charge is 0.506 e. The number of hydrogen-bond acceptors (Lipinski definition) is 2. The molecule has 0 aliphatic rings. The number of halogens is 3. The van der Waals surface area contributed by atoms with Crippen LogP contribution in [0, 0.1) is 6.92 Å². The SMILES string of the molecule is Cc1nc(C(F)F)c(O)cc1Cl. The van der Waals surface area contributed by atoms with Crippen molar-refractivity contribution in [1.29, 1.82) is 0 Å². The van der Waals surface area contributed by atoms with E-state index >= 15 is 0 Å². The highest BCUT2D eigenvalue weighted by Gasteiger charge is 2.15. The number of rotatable bonds is 1. The summed E-state index contributed by atoms with van der Waals surface area (Å²) in [5.74, 6) is -0.569. The van der Waals surface area contributed by atoms with Crippen LogP contribution < -0.4 is 0 Å². The van der Waals surface area contributed by atoms with Crippen LogP contribution in [0.1, 0.15) is 17.8 Å². The molecule has 0 bridgehead atoms. The van der Waals surface area contributed by atoms with Crippen LogP contribution in [-0.2, 0) is 0 Å². The van der Waals surface area contributed by atoms with Crippen LogP contribution in [0.15, 0.2) is 6.07 Å². The first-order valence-corrected chi connectivity index (χ1v) is 3.54. The van der Waals surface area contributed by atoms with Crippen LogP contribution >= 0.6 is 11.6 Å². The molecule has 0 atom stereocenters. The van der Waals surface area contributed by atoms with E-state index in [4.69, 9.17) is 16.7 Å². The lowest BCUT2D eigenvalue weighted by Crippen LogP contribution is -1.93. The lowest BCUT2D eigenvalue weighted by molar-refractivity contribution is 0.141. The molecule has 1 aromatic heterocycles. The summed E-state index contributed by atoms with van der Waals surface area (Å²) in [5, 5.41) is 9.14. The standard InChI is InChI=1S/C7H6ClF2NO/c1-3-4(8)2-5(12)6(11-3)7(9)10/h2,7,12H,1H3. The number of alkyl halides is 2. The Morgan fingerprint density at radius 2 is 2.17 bits per heavy atom. The molecular weight excluding hydrogens is 188 g/mol. The predicted octanol–water partition coefficient (Wildman–Crippen LogP) is 2.69. The van der Waals surface area contributed by atoms with Crippen LogP contribution in [0.5, 0.6) is 5.75 Å². The van der Waals surface area contributed by atoms with Crippen LogP contribution in [0.2, 0.25) is 5.02 Å². The Morgan fingerprint density at radius 3 is 2.67 bits per heavy atom. The third-order valence-electron chi connectivity index (χ3n) is 1.37. The zero-order chi connectivity index (χ0) is 9.30. The van der Waals surface area contributed by atoms with E-state index in [9.17, 15) is 8.78 Å². The second-order valence-electron chi connectivity index (χ2n) is 2.26. The molecule has 0 spiro atoms. The van der Waals surface area contributed by atoms with Gasteiger partial charge in [0, 0.05) is 6.07 Å². The molecule has 1 aromatic rings. The summed E-state index contributed by atoms with van der Waals surface area (Å²) in [7, 11) is 0. The van der Waals surface area contributed by atoms with Gasteiger partial charge in [0.2, 0.25) is 0 Å². The number of pyridine rings is 1. The minimum Gasteiger partial charge on any atom is -0.506 e. The van der Waals surface area contributed by atoms with Crippen molar-refractivity contribution in [2.45, 2.75) is 13.3 Å². The van der Waals surface area contributed by atoms with E-state index in [1.54, 1.807) is 0 Å². The summed E-state index contributed by atoms with van der Waals surface area (Å²) in [6.07, 6.45) is -2.78. The Hall–Kier alpha value is -0.900. The average molecular weight is 194 g/mol. The highest BCUT2D eigenvalue weighted by Crippen LogP contribution is 2.29. The molecule has 0 fully saturated rings. The molecule has 1 rings (SSSR count). The molecule has 0 unspecified atom stereocenters. The molecule has 2 nitrogen and oxygen atoms in total. The first kappa shape index (κ1) is 9.19. The van der Waals surface area contributed by atoms with Crippen molar-refractivity contribution in [1.82, 2.24) is 4.98 Å². The first-order chi connectivity index (χ1) is 5.52. The highest BCUT2D eigenvalue weighted by molar-refractivity contribution is 6.31. The molecule has 0 aromatic carbocycles. The third-order valence-corrected chi connectivity index (χ3v) is 1.75. The van der Waals surface area contributed by atoms with E-state index in [-0.39, 0.29) is 10.7 Å². The van der Waals surface area contributed by atoms with Gasteiger partial charge in [-0.2, -0.15) is 0 Å². The molecule has 0 saturated carbocycles. The Morgan fingerprint density at radius 1 is 1.58 bits per heavy atom. The molecule has 12 heavy (non-hydrogen) atoms. The zero-order valence-corrected chi connectivity index (χ0v) is 6.94. The van der Waals surface area contributed by atoms with Gasteiger partial charge in [-0.15, -0.1) is 0 Å². The van der Waals surface area contributed by atoms with Crippen molar-refractivity contribution in [3.8, 4) is 5.75 Å². The van der Waals surface area contributed by atoms with Gasteiger partial charge in [-0.05, 0) is 6.92 Å². The summed E-state index contributed by atoms with van der Waals surface area (Å²) >= 11 is 5.52. The molecule has 1 heterocycles. The maximum atomic E-state index is 12.1. The fraction of sp³-hybridized carbons (Fsp3) is 0.286. The third kappa shape index (κ3) is 1.64. The summed E-state index contributed by atoms with van der Waals surface area (Å²) < 4.78 is 24.1. The zero-order valence-electron chi connectivity index (χ0n) is 6.18. The fourth-order valence-corrected chi connectivity index (χ4v) is 0.896. The molecule has 0 aliphatic heterocycles. The quantitative estimate of drug-likeness (QED) is 0.744. The number of aromatic nitrogens is 1. The van der Waals surface area contributed by atoms with E-state index in [0.29, 0.717) is 0 Å². The van der Waals surface area contributed by atoms with Gasteiger partial charge in [0.1, 0.15) is 11.4 Å². The fourth-order valence-electron chi connectivity index (χ4n) is 0.750. The summed E-state index contributed by atoms with van der Waals surface area (Å²) in [5.41, 5.74) is -0.346. The molecule has 0 radical (unpaired) electrons. The van der Waals surface area contributed by atoms with E-state index in [0.717, 1.165) is 6.07 Å². The minimum absolute atomic E-state index is 0.178. The monoisotopic (exact) mass is 193 g/mol. The summed E-state index contributed by atoms with van der Waals surface area (Å²) in [6.45, 7) is 1.49. The van der Waals surface area contributed by atoms with Crippen molar-refractivity contribution in [2.24, 2.45) is 0 Å². The topological polar surface area (TPSA) is 33.1 Å². The van der Waals surface area contributed by atoms with Gasteiger partial charge in [-0.25, -0.2) is 13.8 Å². The number of nitrogens with zero attached hydrogens (tertiary/aromatic N) is 1. The van der Waals surface area contributed by atoms with Crippen molar-refractivity contribution < 1.29 is 13.9 Å². The van der Waals surface area contributed by atoms with Crippen molar-refractivity contribution in [3.63, 3.8) is 0 Å². The van der Waals surface area contributed by atoms with Gasteiger partial charge in [0.15, 0.2) is 0 Å². The van der Waals surface area contributed by atoms with Crippen LogP contribution in [0.4, 0.5) is 8.78 Å². The predicted molar refractivity (Wildman–Crippen MR) is 40.6 cm³/mol. The van der Waals surface area contributed by atoms with Crippen LogP contribution in [0.3, 0.4) is 0 Å². The normalized spacial score (nSPS) is 10.8. The van der Waals surface area contributed by atoms with Crippen molar-refractivity contribution in [3.05, 3.63) is 22.5 Å². The van der Waals surface area contributed by atoms with Crippen LogP contribution in [0.25, 0.3) is 0 Å². The van der Waals surface area contributed by atoms with Gasteiger partial charge in [0.25, 0.3) is 6.43 Å². The smallest absolute Gasteiger partial charge is 0.284 e. The molecule has 0 amide bonds. The summed E-state index contributed by atoms with van der Waals surface area (Å²) in [4.78, 5) is 3.44. The maximum absolute atomic E-state index is 12.1. The van der Waals surface area contributed by atoms with Gasteiger partial charge >= 0.3 is 0 Å². The minimum atomic E-state index is -2.78. The second-order valence-corrected chi connectivity index (χ2v) is 2.67. The number of hydrogen-bond donors (Lipinski definition) is 1. The first-order valence-electron chi connectivity index (χ1n) is 3.16. The summed E-state index contributed by atoms with van der Waals surface area (Å²) in [6, 6.07) is 1.06. The Kier molecular flexibility index (Phi) is 2.47. The Bertz CT molecular complexity index is 304. The van der Waals surface area contributed by atoms with E-state index < -0.39 is 17.9 Å². The molecule has 5 heteroatoms. The van der Waals surface area contributed by atoms with Crippen molar-refractivity contribution >= 4 is 11.6 Å². The van der Waals surface area contributed by atoms with Gasteiger partial charge in [-0.3, -0.25) is 0 Å². The van der Waals surface area contributed by atoms with Gasteiger partial charge in [-0.1, -0.05) is 11.6 Å². The average Bonchev–Trinajstić information content (AvgIpc) is 1.96. The molecular formula is C7H6ClF2NO. The molecule has 0 saturated heterocycles. The van der Waals surface area contributed by atoms with Gasteiger partial charge in [0.05, 0.1) is 10.7 Å². The van der Waals surface area contributed by atoms with E-state index in [1.807, 2.05) is 0 Å². The van der Waals surface area contributed by atoms with Crippen LogP contribution in [-0.4, -0.2) is 10.1 Å². The number of aromatic hydroxyl groups is 1. The highest BCUT2D eigenvalue weighted by atomic mass is 35.5. The maximum Gasteiger partial charge on any atom is 0.284 e. The molecule has 66 valence electrons. The Balaban J connectivity index is 3.23. The molecule has 1 N–H and O–H groups in total. The Labute approximate surface area is 72.8 Å². The van der Waals surface area contributed by atoms with Gasteiger partial charge < -0.3 is 5.11 Å².